The van der Waals surface area contributed by atoms with Crippen molar-refractivity contribution in [1.82, 2.24) is 4.90 Å². The predicted octanol–water partition coefficient (Wildman–Crippen LogP) is 7.75. The number of hydrogen-bond donors (Lipinski definition) is 2. The first kappa shape index (κ1) is 26.3. The van der Waals surface area contributed by atoms with Gasteiger partial charge in [-0.25, -0.2) is 4.79 Å². The number of anilines is 2. The molecule has 1 unspecified atom stereocenters. The van der Waals surface area contributed by atoms with Crippen molar-refractivity contribution in [2.24, 2.45) is 0 Å². The van der Waals surface area contributed by atoms with Crippen molar-refractivity contribution in [2.45, 2.75) is 72.3 Å². The molecule has 35 heavy (non-hydrogen) atoms. The minimum absolute atomic E-state index is 0.0113. The molecular weight excluding hydrogens is 434 g/mol. The van der Waals surface area contributed by atoms with Crippen molar-refractivity contribution in [2.75, 3.05) is 17.2 Å². The first-order valence-electron chi connectivity index (χ1n) is 12.7. The third-order valence-electron chi connectivity index (χ3n) is 6.60. The van der Waals surface area contributed by atoms with E-state index < -0.39 is 0 Å². The third-order valence-corrected chi connectivity index (χ3v) is 6.60. The van der Waals surface area contributed by atoms with Crippen molar-refractivity contribution >= 4 is 34.1 Å². The highest BCUT2D eigenvalue weighted by Gasteiger charge is 2.23. The topological polar surface area (TPSA) is 61.4 Å². The Morgan fingerprint density at radius 3 is 2.03 bits per heavy atom. The standard InChI is InChI=1S/C30H39N3O2/c1-7-22(6)33(30(35)32-29-26(20(2)3)13-10-14-27(29)21(4)5)18-17-28(34)31-25-16-15-23-11-8-9-12-24(23)19-25/h8-16,19-22H,7,17-18H2,1-6H3,(H,31,34)(H,32,35). The van der Waals surface area contributed by atoms with Crippen LogP contribution in [0.1, 0.15) is 77.3 Å². The molecule has 3 rings (SSSR count). The number of nitrogens with one attached hydrogen (secondary N) is 2. The predicted molar refractivity (Wildman–Crippen MR) is 147 cm³/mol. The van der Waals surface area contributed by atoms with Crippen LogP contribution in [-0.2, 0) is 4.79 Å². The SMILES string of the molecule is CCC(C)N(CCC(=O)Nc1ccc2ccccc2c1)C(=O)Nc1c(C(C)C)cccc1C(C)C. The van der Waals surface area contributed by atoms with Crippen molar-refractivity contribution in [3.8, 4) is 0 Å². The Morgan fingerprint density at radius 2 is 1.43 bits per heavy atom. The number of urea groups is 1. The monoisotopic (exact) mass is 473 g/mol. The fourth-order valence-electron chi connectivity index (χ4n) is 4.33. The second-order valence-corrected chi connectivity index (χ2v) is 9.86. The zero-order valence-electron chi connectivity index (χ0n) is 21.9. The summed E-state index contributed by atoms with van der Waals surface area (Å²) < 4.78 is 0. The van der Waals surface area contributed by atoms with Crippen LogP contribution in [0.4, 0.5) is 16.2 Å². The summed E-state index contributed by atoms with van der Waals surface area (Å²) in [7, 11) is 0. The molecule has 0 fully saturated rings. The first-order valence-corrected chi connectivity index (χ1v) is 12.7. The molecule has 0 saturated heterocycles. The van der Waals surface area contributed by atoms with E-state index >= 15 is 0 Å². The van der Waals surface area contributed by atoms with Crippen LogP contribution in [0.3, 0.4) is 0 Å². The molecule has 0 spiro atoms. The molecule has 3 aromatic carbocycles. The Labute approximate surface area is 209 Å². The largest absolute Gasteiger partial charge is 0.326 e. The van der Waals surface area contributed by atoms with Crippen molar-refractivity contribution in [1.29, 1.82) is 0 Å². The number of amides is 3. The summed E-state index contributed by atoms with van der Waals surface area (Å²) in [6, 6.07) is 20.0. The lowest BCUT2D eigenvalue weighted by atomic mass is 9.92. The minimum Gasteiger partial charge on any atom is -0.326 e. The van der Waals surface area contributed by atoms with Crippen LogP contribution in [0.25, 0.3) is 10.8 Å². The van der Waals surface area contributed by atoms with E-state index in [1.165, 1.54) is 0 Å². The average Bonchev–Trinajstić information content (AvgIpc) is 2.83. The molecule has 1 atom stereocenters. The number of hydrogen-bond acceptors (Lipinski definition) is 2. The summed E-state index contributed by atoms with van der Waals surface area (Å²) >= 11 is 0. The van der Waals surface area contributed by atoms with Gasteiger partial charge in [0.2, 0.25) is 5.91 Å². The van der Waals surface area contributed by atoms with Gasteiger partial charge < -0.3 is 15.5 Å². The quantitative estimate of drug-likeness (QED) is 0.334. The average molecular weight is 474 g/mol. The van der Waals surface area contributed by atoms with Gasteiger partial charge in [-0.1, -0.05) is 83.1 Å². The van der Waals surface area contributed by atoms with E-state index in [9.17, 15) is 9.59 Å². The molecule has 5 nitrogen and oxygen atoms in total. The molecule has 0 aliphatic heterocycles. The van der Waals surface area contributed by atoms with Crippen LogP contribution in [0.15, 0.2) is 60.7 Å². The smallest absolute Gasteiger partial charge is 0.322 e. The van der Waals surface area contributed by atoms with Crippen molar-refractivity contribution in [3.63, 3.8) is 0 Å². The molecule has 0 heterocycles. The molecule has 186 valence electrons. The van der Waals surface area contributed by atoms with E-state index in [-0.39, 0.29) is 36.2 Å². The second kappa shape index (κ2) is 11.9. The van der Waals surface area contributed by atoms with E-state index in [1.807, 2.05) is 49.4 Å². The molecule has 3 amide bonds. The number of rotatable bonds is 9. The van der Waals surface area contributed by atoms with Gasteiger partial charge in [-0.2, -0.15) is 0 Å². The normalized spacial score (nSPS) is 12.1. The molecule has 0 aliphatic rings. The van der Waals surface area contributed by atoms with Gasteiger partial charge >= 0.3 is 6.03 Å². The molecule has 0 radical (unpaired) electrons. The number of nitrogens with zero attached hydrogens (tertiary/aromatic N) is 1. The maximum Gasteiger partial charge on any atom is 0.322 e. The number of carbonyl (C=O) groups excluding carboxylic acids is 2. The highest BCUT2D eigenvalue weighted by molar-refractivity contribution is 5.95. The highest BCUT2D eigenvalue weighted by Crippen LogP contribution is 2.32. The molecule has 0 saturated carbocycles. The molecule has 0 aliphatic carbocycles. The molecular formula is C30H39N3O2. The fourth-order valence-corrected chi connectivity index (χ4v) is 4.33. The van der Waals surface area contributed by atoms with Crippen molar-refractivity contribution < 1.29 is 9.59 Å². The Morgan fingerprint density at radius 1 is 0.800 bits per heavy atom. The zero-order chi connectivity index (χ0) is 25.5. The molecule has 0 aromatic heterocycles. The summed E-state index contributed by atoms with van der Waals surface area (Å²) in [5.41, 5.74) is 3.92. The Balaban J connectivity index is 1.72. The van der Waals surface area contributed by atoms with Crippen LogP contribution >= 0.6 is 0 Å². The summed E-state index contributed by atoms with van der Waals surface area (Å²) in [6.07, 6.45) is 1.04. The Kier molecular flexibility index (Phi) is 8.91. The minimum atomic E-state index is -0.159. The summed E-state index contributed by atoms with van der Waals surface area (Å²) in [5.74, 6) is 0.467. The van der Waals surface area contributed by atoms with Gasteiger partial charge in [0.25, 0.3) is 0 Å². The summed E-state index contributed by atoms with van der Waals surface area (Å²) in [5, 5.41) is 8.40. The lowest BCUT2D eigenvalue weighted by Gasteiger charge is -2.30. The van der Waals surface area contributed by atoms with Gasteiger partial charge in [-0.15, -0.1) is 0 Å². The van der Waals surface area contributed by atoms with Gasteiger partial charge in [-0.3, -0.25) is 4.79 Å². The van der Waals surface area contributed by atoms with Gasteiger partial charge in [0.05, 0.1) is 0 Å². The maximum atomic E-state index is 13.5. The zero-order valence-corrected chi connectivity index (χ0v) is 21.9. The van der Waals surface area contributed by atoms with E-state index in [1.54, 1.807) is 4.90 Å². The number of para-hydroxylation sites is 1. The second-order valence-electron chi connectivity index (χ2n) is 9.86. The van der Waals surface area contributed by atoms with Crippen LogP contribution in [0.5, 0.6) is 0 Å². The van der Waals surface area contributed by atoms with E-state index in [4.69, 9.17) is 0 Å². The Bertz CT molecular complexity index is 1140. The Hall–Kier alpha value is -3.34. The lowest BCUT2D eigenvalue weighted by molar-refractivity contribution is -0.116. The molecule has 2 N–H and O–H groups in total. The molecule has 5 heteroatoms. The molecule has 0 bridgehead atoms. The van der Waals surface area contributed by atoms with Crippen LogP contribution < -0.4 is 10.6 Å². The van der Waals surface area contributed by atoms with E-state index in [0.717, 1.165) is 39.7 Å². The summed E-state index contributed by atoms with van der Waals surface area (Å²) in [4.78, 5) is 28.0. The van der Waals surface area contributed by atoms with Gasteiger partial charge in [0, 0.05) is 30.4 Å². The highest BCUT2D eigenvalue weighted by atomic mass is 16.2. The van der Waals surface area contributed by atoms with Gasteiger partial charge in [-0.05, 0) is 59.2 Å². The van der Waals surface area contributed by atoms with Gasteiger partial charge in [0.1, 0.15) is 0 Å². The maximum absolute atomic E-state index is 13.5. The van der Waals surface area contributed by atoms with Crippen molar-refractivity contribution in [3.05, 3.63) is 71.8 Å². The third kappa shape index (κ3) is 6.62. The van der Waals surface area contributed by atoms with Crippen LogP contribution in [-0.4, -0.2) is 29.4 Å². The van der Waals surface area contributed by atoms with Gasteiger partial charge in [0.15, 0.2) is 0 Å². The number of fused-ring (bicyclic) bond motifs is 1. The summed E-state index contributed by atoms with van der Waals surface area (Å²) in [6.45, 7) is 13.0. The number of benzene rings is 3. The lowest BCUT2D eigenvalue weighted by Crippen LogP contribution is -2.43. The van der Waals surface area contributed by atoms with E-state index in [0.29, 0.717) is 6.54 Å². The molecule has 3 aromatic rings. The van der Waals surface area contributed by atoms with E-state index in [2.05, 4.69) is 63.5 Å². The first-order chi connectivity index (χ1) is 16.7. The number of carbonyl (C=O) groups is 2. The fraction of sp³-hybridized carbons (Fsp3) is 0.400. The van der Waals surface area contributed by atoms with Crippen LogP contribution in [0.2, 0.25) is 0 Å². The van der Waals surface area contributed by atoms with Crippen LogP contribution in [0, 0.1) is 0 Å².